The van der Waals surface area contributed by atoms with Crippen molar-refractivity contribution in [1.29, 1.82) is 0 Å². The maximum absolute atomic E-state index is 13.5. The molecule has 2 rings (SSSR count). The summed E-state index contributed by atoms with van der Waals surface area (Å²) < 4.78 is 15.2. The summed E-state index contributed by atoms with van der Waals surface area (Å²) in [6.07, 6.45) is 3.40. The highest BCUT2D eigenvalue weighted by Crippen LogP contribution is 2.25. The molecule has 0 amide bonds. The third kappa shape index (κ3) is 3.25. The van der Waals surface area contributed by atoms with Gasteiger partial charge >= 0.3 is 0 Å². The van der Waals surface area contributed by atoms with Gasteiger partial charge in [-0.1, -0.05) is 31.5 Å². The van der Waals surface area contributed by atoms with Crippen molar-refractivity contribution >= 4 is 17.9 Å². The Hall–Kier alpha value is -1.68. The van der Waals surface area contributed by atoms with Crippen LogP contribution in [0.15, 0.2) is 24.4 Å². The lowest BCUT2D eigenvalue weighted by Crippen LogP contribution is -2.02. The lowest BCUT2D eigenvalue weighted by atomic mass is 10.1. The minimum absolute atomic E-state index is 0.0562. The maximum Gasteiger partial charge on any atom is 0.153 e. The summed E-state index contributed by atoms with van der Waals surface area (Å²) in [7, 11) is 0. The number of nitrogens with zero attached hydrogens (tertiary/aromatic N) is 2. The van der Waals surface area contributed by atoms with Gasteiger partial charge in [0, 0.05) is 18.3 Å². The second kappa shape index (κ2) is 6.18. The molecule has 0 atom stereocenters. The van der Waals surface area contributed by atoms with E-state index in [-0.39, 0.29) is 5.02 Å². The lowest BCUT2D eigenvalue weighted by molar-refractivity contribution is 0.112. The third-order valence-electron chi connectivity index (χ3n) is 3.05. The molecule has 0 aliphatic rings. The van der Waals surface area contributed by atoms with Crippen LogP contribution in [0.3, 0.4) is 0 Å². The van der Waals surface area contributed by atoms with Gasteiger partial charge in [-0.05, 0) is 24.5 Å². The van der Waals surface area contributed by atoms with Crippen LogP contribution in [-0.4, -0.2) is 16.1 Å². The molecule has 106 valence electrons. The van der Waals surface area contributed by atoms with Crippen molar-refractivity contribution in [3.8, 4) is 11.3 Å². The number of carbonyl (C=O) groups excluding carboxylic acids is 1. The number of aldehydes is 1. The van der Waals surface area contributed by atoms with Gasteiger partial charge in [-0.3, -0.25) is 9.48 Å². The number of rotatable bonds is 5. The van der Waals surface area contributed by atoms with Crippen molar-refractivity contribution in [1.82, 2.24) is 9.78 Å². The molecule has 0 spiro atoms. The van der Waals surface area contributed by atoms with Crippen molar-refractivity contribution in [3.63, 3.8) is 0 Å². The molecule has 0 fully saturated rings. The molecular weight excluding hydrogens is 279 g/mol. The first-order valence-corrected chi connectivity index (χ1v) is 6.87. The Bertz CT molecular complexity index is 622. The van der Waals surface area contributed by atoms with Gasteiger partial charge in [0.1, 0.15) is 11.5 Å². The lowest BCUT2D eigenvalue weighted by Gasteiger charge is -2.04. The van der Waals surface area contributed by atoms with Crippen LogP contribution in [0.4, 0.5) is 4.39 Å². The fourth-order valence-corrected chi connectivity index (χ4v) is 2.01. The zero-order valence-corrected chi connectivity index (χ0v) is 12.2. The predicted molar refractivity (Wildman–Crippen MR) is 77.5 cm³/mol. The van der Waals surface area contributed by atoms with Crippen molar-refractivity contribution < 1.29 is 9.18 Å². The Labute approximate surface area is 122 Å². The molecule has 0 bridgehead atoms. The van der Waals surface area contributed by atoms with Gasteiger partial charge in [0.25, 0.3) is 0 Å². The fourth-order valence-electron chi connectivity index (χ4n) is 1.90. The summed E-state index contributed by atoms with van der Waals surface area (Å²) in [5, 5.41) is 4.43. The molecule has 0 radical (unpaired) electrons. The fraction of sp³-hybridized carbons (Fsp3) is 0.333. The van der Waals surface area contributed by atoms with E-state index in [9.17, 15) is 9.18 Å². The summed E-state index contributed by atoms with van der Waals surface area (Å²) >= 11 is 5.66. The molecule has 0 aliphatic carbocycles. The molecule has 20 heavy (non-hydrogen) atoms. The molecular formula is C15H16ClFN2O. The van der Waals surface area contributed by atoms with Crippen molar-refractivity contribution in [2.45, 2.75) is 26.8 Å². The third-order valence-corrected chi connectivity index (χ3v) is 3.35. The number of aromatic nitrogens is 2. The number of carbonyl (C=O) groups is 1. The standard InChI is InChI=1S/C15H16ClFN2O/c1-10(2)5-6-19-8-12(9-20)15(18-19)11-3-4-13(16)14(17)7-11/h3-4,7-10H,5-6H2,1-2H3. The summed E-state index contributed by atoms with van der Waals surface area (Å²) in [6, 6.07) is 4.42. The minimum atomic E-state index is -0.516. The van der Waals surface area contributed by atoms with Crippen LogP contribution in [0.5, 0.6) is 0 Å². The van der Waals surface area contributed by atoms with Crippen LogP contribution >= 0.6 is 11.6 Å². The first kappa shape index (κ1) is 14.7. The monoisotopic (exact) mass is 294 g/mol. The first-order valence-electron chi connectivity index (χ1n) is 6.49. The Morgan fingerprint density at radius 3 is 2.80 bits per heavy atom. The summed E-state index contributed by atoms with van der Waals surface area (Å²) in [5.41, 5.74) is 1.49. The number of benzene rings is 1. The molecule has 2 aromatic rings. The van der Waals surface area contributed by atoms with E-state index in [1.165, 1.54) is 12.1 Å². The quantitative estimate of drug-likeness (QED) is 0.775. The van der Waals surface area contributed by atoms with E-state index in [0.717, 1.165) is 19.3 Å². The highest BCUT2D eigenvalue weighted by molar-refractivity contribution is 6.30. The molecule has 0 aliphatic heterocycles. The van der Waals surface area contributed by atoms with Gasteiger partial charge in [-0.2, -0.15) is 5.10 Å². The Kier molecular flexibility index (Phi) is 4.55. The van der Waals surface area contributed by atoms with Crippen LogP contribution in [0.25, 0.3) is 11.3 Å². The van der Waals surface area contributed by atoms with Gasteiger partial charge in [0.2, 0.25) is 0 Å². The summed E-state index contributed by atoms with van der Waals surface area (Å²) in [6.45, 7) is 4.98. The molecule has 0 N–H and O–H groups in total. The van der Waals surface area contributed by atoms with Crippen molar-refractivity contribution in [2.24, 2.45) is 5.92 Å². The largest absolute Gasteiger partial charge is 0.298 e. The van der Waals surface area contributed by atoms with E-state index >= 15 is 0 Å². The Balaban J connectivity index is 2.34. The molecule has 0 saturated heterocycles. The van der Waals surface area contributed by atoms with Crippen LogP contribution in [0.2, 0.25) is 5.02 Å². The van der Waals surface area contributed by atoms with Crippen LogP contribution < -0.4 is 0 Å². The van der Waals surface area contributed by atoms with Gasteiger partial charge in [-0.15, -0.1) is 0 Å². The van der Waals surface area contributed by atoms with Crippen LogP contribution in [-0.2, 0) is 6.54 Å². The molecule has 1 heterocycles. The summed E-state index contributed by atoms with van der Waals surface area (Å²) in [5.74, 6) is 0.0352. The molecule has 1 aromatic heterocycles. The van der Waals surface area contributed by atoms with E-state index in [1.807, 2.05) is 0 Å². The second-order valence-electron chi connectivity index (χ2n) is 5.13. The van der Waals surface area contributed by atoms with Gasteiger partial charge in [0.15, 0.2) is 6.29 Å². The van der Waals surface area contributed by atoms with E-state index in [2.05, 4.69) is 18.9 Å². The number of halogens is 2. The Morgan fingerprint density at radius 2 is 2.20 bits per heavy atom. The smallest absolute Gasteiger partial charge is 0.153 e. The minimum Gasteiger partial charge on any atom is -0.298 e. The van der Waals surface area contributed by atoms with E-state index in [0.29, 0.717) is 22.7 Å². The number of aryl methyl sites for hydroxylation is 1. The van der Waals surface area contributed by atoms with Crippen LogP contribution in [0, 0.1) is 11.7 Å². The Morgan fingerprint density at radius 1 is 1.45 bits per heavy atom. The molecule has 5 heteroatoms. The highest BCUT2D eigenvalue weighted by atomic mass is 35.5. The maximum atomic E-state index is 13.5. The molecule has 1 aromatic carbocycles. The normalized spacial score (nSPS) is 11.1. The second-order valence-corrected chi connectivity index (χ2v) is 5.53. The molecule has 3 nitrogen and oxygen atoms in total. The van der Waals surface area contributed by atoms with E-state index in [1.54, 1.807) is 16.9 Å². The van der Waals surface area contributed by atoms with E-state index in [4.69, 9.17) is 11.6 Å². The number of hydrogen-bond acceptors (Lipinski definition) is 2. The SMILES string of the molecule is CC(C)CCn1cc(C=O)c(-c2ccc(Cl)c(F)c2)n1. The average Bonchev–Trinajstić information content (AvgIpc) is 2.83. The average molecular weight is 295 g/mol. The van der Waals surface area contributed by atoms with Crippen molar-refractivity contribution in [3.05, 3.63) is 40.8 Å². The van der Waals surface area contributed by atoms with Gasteiger partial charge in [-0.25, -0.2) is 4.39 Å². The topological polar surface area (TPSA) is 34.9 Å². The van der Waals surface area contributed by atoms with E-state index < -0.39 is 5.82 Å². The highest BCUT2D eigenvalue weighted by Gasteiger charge is 2.12. The predicted octanol–water partition coefficient (Wildman–Crippen LogP) is 4.20. The summed E-state index contributed by atoms with van der Waals surface area (Å²) in [4.78, 5) is 11.1. The molecule has 0 unspecified atom stereocenters. The molecule has 0 saturated carbocycles. The van der Waals surface area contributed by atoms with Crippen LogP contribution in [0.1, 0.15) is 30.6 Å². The number of hydrogen-bond donors (Lipinski definition) is 0. The van der Waals surface area contributed by atoms with Crippen molar-refractivity contribution in [2.75, 3.05) is 0 Å². The van der Waals surface area contributed by atoms with Gasteiger partial charge in [0.05, 0.1) is 10.6 Å². The zero-order valence-electron chi connectivity index (χ0n) is 11.4. The zero-order chi connectivity index (χ0) is 14.7. The van der Waals surface area contributed by atoms with Gasteiger partial charge < -0.3 is 0 Å². The first-order chi connectivity index (χ1) is 9.51.